The molecule has 0 fully saturated rings. The van der Waals surface area contributed by atoms with Crippen molar-refractivity contribution >= 4 is 5.82 Å². The van der Waals surface area contributed by atoms with Gasteiger partial charge >= 0.3 is 6.61 Å². The standard InChI is InChI=1S/C11H11F2N3O/c1-6-9(15-16-10(6)14)7-2-4-8(5-3-7)17-11(12)13/h2-5,11H,1H3,(H3,14,15,16). The first-order valence-electron chi connectivity index (χ1n) is 4.93. The highest BCUT2D eigenvalue weighted by Gasteiger charge is 2.09. The first kappa shape index (κ1) is 11.4. The zero-order chi connectivity index (χ0) is 12.4. The van der Waals surface area contributed by atoms with E-state index in [-0.39, 0.29) is 5.75 Å². The summed E-state index contributed by atoms with van der Waals surface area (Å²) in [6, 6.07) is 6.27. The van der Waals surface area contributed by atoms with E-state index in [1.807, 2.05) is 6.92 Å². The summed E-state index contributed by atoms with van der Waals surface area (Å²) in [5.74, 6) is 0.543. The van der Waals surface area contributed by atoms with Gasteiger partial charge in [-0.3, -0.25) is 5.10 Å². The number of rotatable bonds is 3. The molecule has 0 spiro atoms. The fourth-order valence-corrected chi connectivity index (χ4v) is 1.50. The predicted molar refractivity (Wildman–Crippen MR) is 59.8 cm³/mol. The van der Waals surface area contributed by atoms with Crippen LogP contribution in [0.1, 0.15) is 5.56 Å². The van der Waals surface area contributed by atoms with Crippen molar-refractivity contribution in [3.05, 3.63) is 29.8 Å². The normalized spacial score (nSPS) is 10.8. The Balaban J connectivity index is 2.26. The highest BCUT2D eigenvalue weighted by molar-refractivity contribution is 5.67. The minimum atomic E-state index is -2.81. The Morgan fingerprint density at radius 2 is 1.94 bits per heavy atom. The van der Waals surface area contributed by atoms with Crippen molar-refractivity contribution in [1.29, 1.82) is 0 Å². The fourth-order valence-electron chi connectivity index (χ4n) is 1.50. The molecule has 0 saturated carbocycles. The molecule has 0 aliphatic rings. The summed E-state index contributed by atoms with van der Waals surface area (Å²) in [7, 11) is 0. The average molecular weight is 239 g/mol. The molecule has 0 aliphatic heterocycles. The maximum Gasteiger partial charge on any atom is 0.387 e. The van der Waals surface area contributed by atoms with Crippen LogP contribution in [0, 0.1) is 6.92 Å². The topological polar surface area (TPSA) is 63.9 Å². The van der Waals surface area contributed by atoms with Gasteiger partial charge in [0.1, 0.15) is 11.6 Å². The Kier molecular flexibility index (Phi) is 2.95. The minimum Gasteiger partial charge on any atom is -0.435 e. The van der Waals surface area contributed by atoms with Crippen molar-refractivity contribution in [3.63, 3.8) is 0 Å². The number of nitrogens with two attached hydrogens (primary N) is 1. The number of halogens is 2. The van der Waals surface area contributed by atoms with E-state index in [0.717, 1.165) is 16.8 Å². The molecule has 1 heterocycles. The summed E-state index contributed by atoms with van der Waals surface area (Å²) >= 11 is 0. The highest BCUT2D eigenvalue weighted by Crippen LogP contribution is 2.26. The van der Waals surface area contributed by atoms with Crippen LogP contribution in [0.15, 0.2) is 24.3 Å². The van der Waals surface area contributed by atoms with Gasteiger partial charge < -0.3 is 10.5 Å². The molecule has 6 heteroatoms. The lowest BCUT2D eigenvalue weighted by molar-refractivity contribution is -0.0498. The zero-order valence-corrected chi connectivity index (χ0v) is 9.08. The molecule has 4 nitrogen and oxygen atoms in total. The molecule has 90 valence electrons. The molecule has 1 aromatic carbocycles. The lowest BCUT2D eigenvalue weighted by Gasteiger charge is -2.05. The lowest BCUT2D eigenvalue weighted by Crippen LogP contribution is -2.01. The third kappa shape index (κ3) is 2.35. The Labute approximate surface area is 96.4 Å². The van der Waals surface area contributed by atoms with Crippen LogP contribution in [0.25, 0.3) is 11.3 Å². The van der Waals surface area contributed by atoms with Gasteiger partial charge in [0, 0.05) is 11.1 Å². The summed E-state index contributed by atoms with van der Waals surface area (Å²) in [5, 5.41) is 6.65. The second kappa shape index (κ2) is 4.40. The molecule has 3 N–H and O–H groups in total. The number of aromatic amines is 1. The maximum absolute atomic E-state index is 12.0. The van der Waals surface area contributed by atoms with Crippen molar-refractivity contribution in [1.82, 2.24) is 10.2 Å². The van der Waals surface area contributed by atoms with Gasteiger partial charge in [0.05, 0.1) is 5.69 Å². The van der Waals surface area contributed by atoms with E-state index in [2.05, 4.69) is 14.9 Å². The predicted octanol–water partition coefficient (Wildman–Crippen LogP) is 2.57. The second-order valence-corrected chi connectivity index (χ2v) is 3.51. The number of benzene rings is 1. The smallest absolute Gasteiger partial charge is 0.387 e. The summed E-state index contributed by atoms with van der Waals surface area (Å²) < 4.78 is 28.2. The van der Waals surface area contributed by atoms with Crippen LogP contribution < -0.4 is 10.5 Å². The van der Waals surface area contributed by atoms with Crippen LogP contribution in [-0.4, -0.2) is 16.8 Å². The number of H-pyrrole nitrogens is 1. The molecule has 0 atom stereocenters. The Bertz CT molecular complexity index is 508. The Morgan fingerprint density at radius 3 is 2.41 bits per heavy atom. The number of hydrogen-bond acceptors (Lipinski definition) is 3. The van der Waals surface area contributed by atoms with Gasteiger partial charge in [-0.2, -0.15) is 13.9 Å². The molecule has 2 rings (SSSR count). The van der Waals surface area contributed by atoms with E-state index in [9.17, 15) is 8.78 Å². The van der Waals surface area contributed by atoms with Crippen molar-refractivity contribution < 1.29 is 13.5 Å². The number of aromatic nitrogens is 2. The molecular formula is C11H11F2N3O. The zero-order valence-electron chi connectivity index (χ0n) is 9.08. The molecular weight excluding hydrogens is 228 g/mol. The van der Waals surface area contributed by atoms with Gasteiger partial charge in [0.2, 0.25) is 0 Å². The third-order valence-corrected chi connectivity index (χ3v) is 2.42. The van der Waals surface area contributed by atoms with Gasteiger partial charge in [-0.05, 0) is 31.2 Å². The maximum atomic E-state index is 12.0. The van der Waals surface area contributed by atoms with Gasteiger partial charge in [0.25, 0.3) is 0 Å². The van der Waals surface area contributed by atoms with Gasteiger partial charge in [0.15, 0.2) is 0 Å². The molecule has 0 unspecified atom stereocenters. The van der Waals surface area contributed by atoms with E-state index in [1.54, 1.807) is 12.1 Å². The van der Waals surface area contributed by atoms with E-state index in [1.165, 1.54) is 12.1 Å². The SMILES string of the molecule is Cc1c(N)n[nH]c1-c1ccc(OC(F)F)cc1. The van der Waals surface area contributed by atoms with Gasteiger partial charge in [-0.1, -0.05) is 0 Å². The first-order chi connectivity index (χ1) is 8.08. The largest absolute Gasteiger partial charge is 0.435 e. The number of anilines is 1. The van der Waals surface area contributed by atoms with Crippen molar-refractivity contribution in [2.24, 2.45) is 0 Å². The molecule has 17 heavy (non-hydrogen) atoms. The molecule has 2 aromatic rings. The van der Waals surface area contributed by atoms with Crippen LogP contribution in [0.4, 0.5) is 14.6 Å². The summed E-state index contributed by atoms with van der Waals surface area (Å²) in [6.07, 6.45) is 0. The van der Waals surface area contributed by atoms with E-state index in [0.29, 0.717) is 5.82 Å². The molecule has 0 saturated heterocycles. The third-order valence-electron chi connectivity index (χ3n) is 2.42. The van der Waals surface area contributed by atoms with Gasteiger partial charge in [-0.25, -0.2) is 0 Å². The Morgan fingerprint density at radius 1 is 1.29 bits per heavy atom. The van der Waals surface area contributed by atoms with E-state index < -0.39 is 6.61 Å². The summed E-state index contributed by atoms with van der Waals surface area (Å²) in [5.41, 5.74) is 8.02. The van der Waals surface area contributed by atoms with Crippen LogP contribution in [0.5, 0.6) is 5.75 Å². The van der Waals surface area contributed by atoms with E-state index in [4.69, 9.17) is 5.73 Å². The molecule has 0 bridgehead atoms. The monoisotopic (exact) mass is 239 g/mol. The highest BCUT2D eigenvalue weighted by atomic mass is 19.3. The number of nitrogens with zero attached hydrogens (tertiary/aromatic N) is 1. The minimum absolute atomic E-state index is 0.119. The van der Waals surface area contributed by atoms with Crippen molar-refractivity contribution in [2.45, 2.75) is 13.5 Å². The summed E-state index contributed by atoms with van der Waals surface area (Å²) in [6.45, 7) is -0.983. The average Bonchev–Trinajstić information content (AvgIpc) is 2.60. The number of ether oxygens (including phenoxy) is 1. The van der Waals surface area contributed by atoms with Crippen LogP contribution in [-0.2, 0) is 0 Å². The number of alkyl halides is 2. The Hall–Kier alpha value is -2.11. The van der Waals surface area contributed by atoms with Crippen molar-refractivity contribution in [3.8, 4) is 17.0 Å². The fraction of sp³-hybridized carbons (Fsp3) is 0.182. The molecule has 1 aromatic heterocycles. The van der Waals surface area contributed by atoms with E-state index >= 15 is 0 Å². The number of nitrogens with one attached hydrogen (secondary N) is 1. The van der Waals surface area contributed by atoms with Crippen LogP contribution in [0.3, 0.4) is 0 Å². The molecule has 0 aliphatic carbocycles. The van der Waals surface area contributed by atoms with Gasteiger partial charge in [-0.15, -0.1) is 0 Å². The molecule has 0 amide bonds. The number of hydrogen-bond donors (Lipinski definition) is 2. The van der Waals surface area contributed by atoms with Crippen LogP contribution >= 0.6 is 0 Å². The summed E-state index contributed by atoms with van der Waals surface area (Å²) in [4.78, 5) is 0. The molecule has 0 radical (unpaired) electrons. The van der Waals surface area contributed by atoms with Crippen LogP contribution in [0.2, 0.25) is 0 Å². The number of nitrogen functional groups attached to an aromatic ring is 1. The first-order valence-corrected chi connectivity index (χ1v) is 4.93. The quantitative estimate of drug-likeness (QED) is 0.865. The second-order valence-electron chi connectivity index (χ2n) is 3.51. The van der Waals surface area contributed by atoms with Crippen molar-refractivity contribution in [2.75, 3.05) is 5.73 Å². The lowest BCUT2D eigenvalue weighted by atomic mass is 10.1.